The van der Waals surface area contributed by atoms with Crippen LogP contribution in [0.3, 0.4) is 0 Å². The number of aromatic nitrogens is 4. The molecule has 0 aliphatic carbocycles. The number of ether oxygens (including phenoxy) is 1. The van der Waals surface area contributed by atoms with E-state index in [1.165, 1.54) is 23.7 Å². The van der Waals surface area contributed by atoms with Crippen LogP contribution in [0.4, 0.5) is 4.39 Å². The molecule has 5 aromatic rings. The highest BCUT2D eigenvalue weighted by Crippen LogP contribution is 2.29. The molecule has 0 radical (unpaired) electrons. The van der Waals surface area contributed by atoms with Gasteiger partial charge in [0.1, 0.15) is 11.6 Å². The lowest BCUT2D eigenvalue weighted by atomic mass is 10.1. The van der Waals surface area contributed by atoms with Gasteiger partial charge >= 0.3 is 5.97 Å². The predicted octanol–water partition coefficient (Wildman–Crippen LogP) is 5.21. The molecule has 0 aliphatic rings. The number of benzene rings is 3. The van der Waals surface area contributed by atoms with E-state index < -0.39 is 11.5 Å². The van der Waals surface area contributed by atoms with Gasteiger partial charge in [-0.1, -0.05) is 58.4 Å². The van der Waals surface area contributed by atoms with Crippen molar-refractivity contribution in [3.8, 4) is 28.7 Å². The van der Waals surface area contributed by atoms with Crippen molar-refractivity contribution in [2.45, 2.75) is 6.42 Å². The molecule has 0 amide bonds. The summed E-state index contributed by atoms with van der Waals surface area (Å²) in [7, 11) is 1.53. The van der Waals surface area contributed by atoms with Crippen molar-refractivity contribution in [2.75, 3.05) is 0 Å². The molecule has 0 spiro atoms. The van der Waals surface area contributed by atoms with Gasteiger partial charge in [-0.25, -0.2) is 14.2 Å². The third kappa shape index (κ3) is 5.24. The first-order valence-corrected chi connectivity index (χ1v) is 11.9. The quantitative estimate of drug-likeness (QED) is 0.263. The molecular weight excluding hydrogens is 543 g/mol. The van der Waals surface area contributed by atoms with Gasteiger partial charge in [-0.15, -0.1) is 10.2 Å². The fourth-order valence-electron chi connectivity index (χ4n) is 3.60. The lowest BCUT2D eigenvalue weighted by molar-refractivity contribution is 0.0731. The monoisotopic (exact) mass is 560 g/mol. The molecule has 184 valence electrons. The summed E-state index contributed by atoms with van der Waals surface area (Å²) in [4.78, 5) is 30.9. The number of carbonyl (C=O) groups excluding carboxylic acids is 1. The van der Waals surface area contributed by atoms with Crippen molar-refractivity contribution in [1.82, 2.24) is 19.7 Å². The first-order chi connectivity index (χ1) is 17.9. The molecule has 2 heterocycles. The highest BCUT2D eigenvalue weighted by molar-refractivity contribution is 9.10. The molecule has 0 fully saturated rings. The number of halogens is 2. The van der Waals surface area contributed by atoms with Crippen molar-refractivity contribution in [2.24, 2.45) is 7.05 Å². The van der Waals surface area contributed by atoms with Crippen LogP contribution in [0.2, 0.25) is 0 Å². The summed E-state index contributed by atoms with van der Waals surface area (Å²) in [6.45, 7) is 0. The van der Waals surface area contributed by atoms with E-state index in [0.29, 0.717) is 11.4 Å². The molecule has 2 aromatic heterocycles. The molecule has 3 aromatic carbocycles. The Labute approximate surface area is 218 Å². The largest absolute Gasteiger partial charge is 0.419 e. The second-order valence-corrected chi connectivity index (χ2v) is 8.96. The van der Waals surface area contributed by atoms with Crippen LogP contribution in [0.1, 0.15) is 21.8 Å². The summed E-state index contributed by atoms with van der Waals surface area (Å²) < 4.78 is 26.8. The normalized spacial score (nSPS) is 10.9. The predicted molar refractivity (Wildman–Crippen MR) is 137 cm³/mol. The van der Waals surface area contributed by atoms with Crippen LogP contribution in [-0.2, 0) is 13.5 Å². The molecule has 0 atom stereocenters. The number of nitrogens with zero attached hydrogens (tertiary/aromatic N) is 4. The number of hydrogen-bond acceptors (Lipinski definition) is 7. The Hall–Kier alpha value is -4.44. The number of esters is 1. The van der Waals surface area contributed by atoms with Crippen LogP contribution in [0.15, 0.2) is 92.5 Å². The van der Waals surface area contributed by atoms with Crippen molar-refractivity contribution in [3.05, 3.63) is 117 Å². The van der Waals surface area contributed by atoms with Crippen LogP contribution in [-0.4, -0.2) is 25.7 Å². The van der Waals surface area contributed by atoms with Gasteiger partial charge in [-0.2, -0.15) is 0 Å². The van der Waals surface area contributed by atoms with Gasteiger partial charge in [0, 0.05) is 17.1 Å². The van der Waals surface area contributed by atoms with Gasteiger partial charge in [0.2, 0.25) is 11.6 Å². The molecule has 8 nitrogen and oxygen atoms in total. The molecular formula is C27H18BrFN4O4. The molecule has 5 rings (SSSR count). The van der Waals surface area contributed by atoms with Gasteiger partial charge in [0.15, 0.2) is 5.69 Å². The highest BCUT2D eigenvalue weighted by Gasteiger charge is 2.25. The fourth-order valence-corrected chi connectivity index (χ4v) is 3.86. The van der Waals surface area contributed by atoms with Gasteiger partial charge in [0.25, 0.3) is 11.4 Å². The summed E-state index contributed by atoms with van der Waals surface area (Å²) in [6, 6.07) is 21.4. The second kappa shape index (κ2) is 10.3. The van der Waals surface area contributed by atoms with Crippen LogP contribution in [0.25, 0.3) is 23.0 Å². The Kier molecular flexibility index (Phi) is 6.74. The minimum Gasteiger partial charge on any atom is -0.419 e. The summed E-state index contributed by atoms with van der Waals surface area (Å²) >= 11 is 3.40. The molecule has 0 bridgehead atoms. The summed E-state index contributed by atoms with van der Waals surface area (Å²) in [5, 5.41) is 8.11. The topological polar surface area (TPSA) is 100 Å². The zero-order valence-corrected chi connectivity index (χ0v) is 21.0. The van der Waals surface area contributed by atoms with Crippen LogP contribution in [0, 0.1) is 5.82 Å². The van der Waals surface area contributed by atoms with E-state index in [1.807, 2.05) is 12.1 Å². The lowest BCUT2D eigenvalue weighted by Crippen LogP contribution is -2.25. The van der Waals surface area contributed by atoms with Gasteiger partial charge in [-0.3, -0.25) is 9.36 Å². The van der Waals surface area contributed by atoms with E-state index in [1.54, 1.807) is 54.6 Å². The zero-order valence-electron chi connectivity index (χ0n) is 19.4. The Morgan fingerprint density at radius 3 is 2.41 bits per heavy atom. The zero-order chi connectivity index (χ0) is 25.9. The molecule has 0 saturated heterocycles. The second-order valence-electron chi connectivity index (χ2n) is 8.04. The first-order valence-electron chi connectivity index (χ1n) is 11.1. The van der Waals surface area contributed by atoms with Gasteiger partial charge in [0.05, 0.1) is 12.0 Å². The SMILES string of the molecule is Cn1c(-c2ccc(Br)cc2)nc(-c2nnc(Cc3ccc(F)cc3)o2)c(OC(=O)c2ccccc2)c1=O. The highest BCUT2D eigenvalue weighted by atomic mass is 79.9. The average Bonchev–Trinajstić information content (AvgIpc) is 3.37. The van der Waals surface area contributed by atoms with E-state index in [4.69, 9.17) is 9.15 Å². The van der Waals surface area contributed by atoms with E-state index in [9.17, 15) is 14.0 Å². The van der Waals surface area contributed by atoms with E-state index in [-0.39, 0.29) is 41.0 Å². The Morgan fingerprint density at radius 1 is 1.00 bits per heavy atom. The number of carbonyl (C=O) groups is 1. The average molecular weight is 561 g/mol. The number of hydrogen-bond donors (Lipinski definition) is 0. The molecule has 0 aliphatic heterocycles. The Balaban J connectivity index is 1.59. The Morgan fingerprint density at radius 2 is 1.70 bits per heavy atom. The lowest BCUT2D eigenvalue weighted by Gasteiger charge is -2.13. The third-order valence-corrected chi connectivity index (χ3v) is 6.02. The summed E-state index contributed by atoms with van der Waals surface area (Å²) in [5.74, 6) is -0.994. The van der Waals surface area contributed by atoms with Crippen molar-refractivity contribution < 1.29 is 18.3 Å². The molecule has 10 heteroatoms. The minimum absolute atomic E-state index is 0.0665. The summed E-state index contributed by atoms with van der Waals surface area (Å²) in [5.41, 5.74) is 0.986. The fraction of sp³-hybridized carbons (Fsp3) is 0.0741. The molecule has 0 saturated carbocycles. The van der Waals surface area contributed by atoms with E-state index in [0.717, 1.165) is 10.0 Å². The van der Waals surface area contributed by atoms with Crippen LogP contribution < -0.4 is 10.3 Å². The maximum atomic E-state index is 13.4. The van der Waals surface area contributed by atoms with E-state index >= 15 is 0 Å². The van der Waals surface area contributed by atoms with Crippen molar-refractivity contribution in [1.29, 1.82) is 0 Å². The number of rotatable bonds is 6. The van der Waals surface area contributed by atoms with Crippen molar-refractivity contribution >= 4 is 21.9 Å². The smallest absolute Gasteiger partial charge is 0.343 e. The molecule has 37 heavy (non-hydrogen) atoms. The minimum atomic E-state index is -0.733. The standard InChI is InChI=1S/C27H18BrFN4O4/c1-33-24(17-9-11-19(28)12-10-17)30-22(23(26(33)34)37-27(35)18-5-3-2-4-6-18)25-32-31-21(36-25)15-16-7-13-20(29)14-8-16/h2-14H,15H2,1H3. The van der Waals surface area contributed by atoms with Crippen LogP contribution in [0.5, 0.6) is 5.75 Å². The van der Waals surface area contributed by atoms with Gasteiger partial charge < -0.3 is 9.15 Å². The van der Waals surface area contributed by atoms with Gasteiger partial charge in [-0.05, 0) is 42.0 Å². The maximum Gasteiger partial charge on any atom is 0.343 e. The van der Waals surface area contributed by atoms with Crippen LogP contribution >= 0.6 is 15.9 Å². The Bertz CT molecular complexity index is 1630. The van der Waals surface area contributed by atoms with E-state index in [2.05, 4.69) is 31.1 Å². The maximum absolute atomic E-state index is 13.4. The molecule has 0 N–H and O–H groups in total. The summed E-state index contributed by atoms with van der Waals surface area (Å²) in [6.07, 6.45) is 0.233. The molecule has 0 unspecified atom stereocenters. The third-order valence-electron chi connectivity index (χ3n) is 5.49. The van der Waals surface area contributed by atoms with Crippen molar-refractivity contribution in [3.63, 3.8) is 0 Å². The first kappa shape index (κ1) is 24.3.